The minimum absolute atomic E-state index is 0.0565. The fourth-order valence-corrected chi connectivity index (χ4v) is 6.56. The first-order chi connectivity index (χ1) is 17.4. The summed E-state index contributed by atoms with van der Waals surface area (Å²) in [5.41, 5.74) is 2.12. The largest absolute Gasteiger partial charge is 0.462 e. The van der Waals surface area contributed by atoms with E-state index in [9.17, 15) is 4.79 Å². The van der Waals surface area contributed by atoms with E-state index in [4.69, 9.17) is 9.47 Å². The number of esters is 1. The highest BCUT2D eigenvalue weighted by molar-refractivity contribution is 5.77. The summed E-state index contributed by atoms with van der Waals surface area (Å²) in [5.74, 6) is 1.01. The van der Waals surface area contributed by atoms with Gasteiger partial charge in [-0.15, -0.1) is 0 Å². The summed E-state index contributed by atoms with van der Waals surface area (Å²) >= 11 is 0. The van der Waals surface area contributed by atoms with Gasteiger partial charge in [0.15, 0.2) is 0 Å². The quantitative estimate of drug-likeness (QED) is 0.225. The van der Waals surface area contributed by atoms with Gasteiger partial charge in [0.05, 0.1) is 12.0 Å². The van der Waals surface area contributed by atoms with Crippen molar-refractivity contribution in [3.63, 3.8) is 0 Å². The molecule has 1 aliphatic heterocycles. The van der Waals surface area contributed by atoms with Crippen LogP contribution in [0.1, 0.15) is 144 Å². The van der Waals surface area contributed by atoms with Crippen LogP contribution < -0.4 is 0 Å². The Balaban J connectivity index is 1.92. The Morgan fingerprint density at radius 3 is 1.92 bits per heavy atom. The molecule has 1 saturated carbocycles. The van der Waals surface area contributed by atoms with Crippen molar-refractivity contribution in [2.45, 2.75) is 139 Å². The van der Waals surface area contributed by atoms with E-state index in [1.165, 1.54) is 43.2 Å². The molecule has 2 fully saturated rings. The van der Waals surface area contributed by atoms with Crippen molar-refractivity contribution >= 4 is 5.97 Å². The standard InChI is InChI=1S/C35H58O3/c1-31(2,3)21-29(27-19-17-26(18-20-27)25-15-13-12-14-16-25)34(9,10)33(7,8)24-35(11,32(4,5)6)30(36)38-23-28-22-37-28/h17-20,25,28-29H,12-16,21-24H2,1-11H3. The zero-order valence-corrected chi connectivity index (χ0v) is 26.6. The molecule has 3 rings (SSSR count). The molecular weight excluding hydrogens is 468 g/mol. The van der Waals surface area contributed by atoms with E-state index in [2.05, 4.69) is 100 Å². The molecule has 2 aliphatic rings. The summed E-state index contributed by atoms with van der Waals surface area (Å²) in [5, 5.41) is 0. The van der Waals surface area contributed by atoms with Crippen molar-refractivity contribution in [2.75, 3.05) is 13.2 Å². The van der Waals surface area contributed by atoms with Gasteiger partial charge in [-0.1, -0.05) is 113 Å². The Labute approximate surface area is 234 Å². The van der Waals surface area contributed by atoms with Crippen LogP contribution in [0.15, 0.2) is 24.3 Å². The fourth-order valence-electron chi connectivity index (χ4n) is 6.56. The van der Waals surface area contributed by atoms with Crippen LogP contribution in [-0.4, -0.2) is 25.3 Å². The van der Waals surface area contributed by atoms with Crippen LogP contribution in [0.4, 0.5) is 0 Å². The van der Waals surface area contributed by atoms with Crippen LogP contribution in [0.25, 0.3) is 0 Å². The summed E-state index contributed by atoms with van der Waals surface area (Å²) in [6, 6.07) is 9.68. The number of carbonyl (C=O) groups excluding carboxylic acids is 1. The normalized spacial score (nSPS) is 22.0. The van der Waals surface area contributed by atoms with Gasteiger partial charge < -0.3 is 9.47 Å². The highest BCUT2D eigenvalue weighted by Crippen LogP contribution is 2.59. The first-order valence-corrected chi connectivity index (χ1v) is 15.3. The molecule has 1 aromatic carbocycles. The molecule has 1 aromatic rings. The van der Waals surface area contributed by atoms with Gasteiger partial charge in [0.2, 0.25) is 0 Å². The molecule has 3 heteroatoms. The van der Waals surface area contributed by atoms with Crippen molar-refractivity contribution in [3.05, 3.63) is 35.4 Å². The van der Waals surface area contributed by atoms with E-state index in [1.807, 2.05) is 0 Å². The molecule has 1 saturated heterocycles. The molecule has 0 spiro atoms. The lowest BCUT2D eigenvalue weighted by Gasteiger charge is -2.53. The molecule has 38 heavy (non-hydrogen) atoms. The number of benzene rings is 1. The minimum atomic E-state index is -0.611. The third-order valence-corrected chi connectivity index (χ3v) is 10.6. The number of epoxide rings is 1. The van der Waals surface area contributed by atoms with Crippen molar-refractivity contribution in [1.29, 1.82) is 0 Å². The Morgan fingerprint density at radius 2 is 1.45 bits per heavy atom. The molecule has 0 N–H and O–H groups in total. The predicted octanol–water partition coefficient (Wildman–Crippen LogP) is 9.69. The maximum absolute atomic E-state index is 13.6. The van der Waals surface area contributed by atoms with Crippen LogP contribution in [0.5, 0.6) is 0 Å². The van der Waals surface area contributed by atoms with Gasteiger partial charge in [-0.05, 0) is 77.2 Å². The summed E-state index contributed by atoms with van der Waals surface area (Å²) in [4.78, 5) is 13.6. The van der Waals surface area contributed by atoms with Crippen LogP contribution in [-0.2, 0) is 14.3 Å². The molecule has 0 aromatic heterocycles. The minimum Gasteiger partial charge on any atom is -0.462 e. The number of rotatable bonds is 10. The molecule has 3 nitrogen and oxygen atoms in total. The SMILES string of the molecule is CC(C)(C)CC(c1ccc(C2CCCCC2)cc1)C(C)(C)C(C)(C)CC(C)(C(=O)OCC1CO1)C(C)(C)C. The van der Waals surface area contributed by atoms with E-state index in [1.54, 1.807) is 0 Å². The molecule has 1 heterocycles. The van der Waals surface area contributed by atoms with Crippen LogP contribution >= 0.6 is 0 Å². The molecule has 3 atom stereocenters. The highest BCUT2D eigenvalue weighted by atomic mass is 16.6. The second-order valence-electron chi connectivity index (χ2n) is 16.2. The molecule has 0 radical (unpaired) electrons. The summed E-state index contributed by atoms with van der Waals surface area (Å²) in [6.07, 6.45) is 8.73. The van der Waals surface area contributed by atoms with Crippen LogP contribution in [0.2, 0.25) is 0 Å². The van der Waals surface area contributed by atoms with Crippen molar-refractivity contribution < 1.29 is 14.3 Å². The first-order valence-electron chi connectivity index (χ1n) is 15.3. The van der Waals surface area contributed by atoms with Gasteiger partial charge in [-0.2, -0.15) is 0 Å². The van der Waals surface area contributed by atoms with E-state index < -0.39 is 5.41 Å². The van der Waals surface area contributed by atoms with Gasteiger partial charge in [0, 0.05) is 0 Å². The van der Waals surface area contributed by atoms with Crippen molar-refractivity contribution in [1.82, 2.24) is 0 Å². The lowest BCUT2D eigenvalue weighted by atomic mass is 9.50. The number of carbonyl (C=O) groups is 1. The Morgan fingerprint density at radius 1 is 0.895 bits per heavy atom. The summed E-state index contributed by atoms with van der Waals surface area (Å²) in [6.45, 7) is 26.4. The maximum Gasteiger partial charge on any atom is 0.312 e. The second kappa shape index (κ2) is 11.3. The molecule has 0 amide bonds. The summed E-state index contributed by atoms with van der Waals surface area (Å²) in [7, 11) is 0. The van der Waals surface area contributed by atoms with E-state index in [0.29, 0.717) is 19.1 Å². The molecule has 0 bridgehead atoms. The number of ether oxygens (including phenoxy) is 2. The van der Waals surface area contributed by atoms with Crippen LogP contribution in [0.3, 0.4) is 0 Å². The molecular formula is C35H58O3. The Bertz CT molecular complexity index is 917. The molecule has 1 aliphatic carbocycles. The third-order valence-electron chi connectivity index (χ3n) is 10.6. The Hall–Kier alpha value is -1.35. The molecule has 3 unspecified atom stereocenters. The monoisotopic (exact) mass is 526 g/mol. The smallest absolute Gasteiger partial charge is 0.312 e. The van der Waals surface area contributed by atoms with Gasteiger partial charge in [0.1, 0.15) is 12.7 Å². The van der Waals surface area contributed by atoms with Gasteiger partial charge in [0.25, 0.3) is 0 Å². The number of hydrogen-bond acceptors (Lipinski definition) is 3. The summed E-state index contributed by atoms with van der Waals surface area (Å²) < 4.78 is 11.2. The molecule has 216 valence electrons. The topological polar surface area (TPSA) is 38.8 Å². The van der Waals surface area contributed by atoms with Crippen molar-refractivity contribution in [2.24, 2.45) is 27.1 Å². The fraction of sp³-hybridized carbons (Fsp3) is 0.800. The second-order valence-corrected chi connectivity index (χ2v) is 16.2. The zero-order valence-electron chi connectivity index (χ0n) is 26.6. The van der Waals surface area contributed by atoms with Gasteiger partial charge in [-0.25, -0.2) is 0 Å². The van der Waals surface area contributed by atoms with E-state index in [0.717, 1.165) is 18.8 Å². The maximum atomic E-state index is 13.6. The zero-order chi connectivity index (χ0) is 28.6. The third kappa shape index (κ3) is 7.23. The lowest BCUT2D eigenvalue weighted by molar-refractivity contribution is -0.168. The van der Waals surface area contributed by atoms with E-state index in [-0.39, 0.29) is 33.7 Å². The predicted molar refractivity (Wildman–Crippen MR) is 160 cm³/mol. The van der Waals surface area contributed by atoms with Crippen molar-refractivity contribution in [3.8, 4) is 0 Å². The average Bonchev–Trinajstić information content (AvgIpc) is 3.64. The number of hydrogen-bond donors (Lipinski definition) is 0. The van der Waals surface area contributed by atoms with E-state index >= 15 is 0 Å². The Kier molecular flexibility index (Phi) is 9.24. The average molecular weight is 527 g/mol. The van der Waals surface area contributed by atoms with Gasteiger partial charge in [-0.3, -0.25) is 4.79 Å². The highest BCUT2D eigenvalue weighted by Gasteiger charge is 2.54. The lowest BCUT2D eigenvalue weighted by Crippen LogP contribution is -2.49. The van der Waals surface area contributed by atoms with Gasteiger partial charge >= 0.3 is 5.97 Å². The van der Waals surface area contributed by atoms with Crippen LogP contribution in [0, 0.1) is 27.1 Å². The first kappa shape index (κ1) is 31.2.